The van der Waals surface area contributed by atoms with E-state index >= 15 is 0 Å². The monoisotopic (exact) mass is 450 g/mol. The van der Waals surface area contributed by atoms with Gasteiger partial charge in [0.2, 0.25) is 5.91 Å². The van der Waals surface area contributed by atoms with Crippen molar-refractivity contribution in [2.24, 2.45) is 0 Å². The highest BCUT2D eigenvalue weighted by atomic mass is 32.1. The summed E-state index contributed by atoms with van der Waals surface area (Å²) < 4.78 is 6.88. The summed E-state index contributed by atoms with van der Waals surface area (Å²) in [5.74, 6) is 1.44. The van der Waals surface area contributed by atoms with Crippen LogP contribution >= 0.6 is 11.3 Å². The molecule has 0 spiro atoms. The molecule has 0 aliphatic heterocycles. The van der Waals surface area contributed by atoms with Crippen molar-refractivity contribution in [2.75, 3.05) is 5.32 Å². The van der Waals surface area contributed by atoms with Crippen molar-refractivity contribution < 1.29 is 9.53 Å². The maximum atomic E-state index is 13.0. The van der Waals surface area contributed by atoms with Crippen molar-refractivity contribution in [1.29, 1.82) is 0 Å². The molecule has 162 valence electrons. The van der Waals surface area contributed by atoms with E-state index in [4.69, 9.17) is 4.74 Å². The Morgan fingerprint density at radius 2 is 1.39 bits per heavy atom. The van der Waals surface area contributed by atoms with Crippen LogP contribution in [-0.4, -0.2) is 10.9 Å². The van der Waals surface area contributed by atoms with Gasteiger partial charge in [-0.25, -0.2) is 4.98 Å². The fourth-order valence-electron chi connectivity index (χ4n) is 3.80. The number of para-hydroxylation sites is 1. The molecule has 5 heteroatoms. The van der Waals surface area contributed by atoms with Gasteiger partial charge in [0.25, 0.3) is 0 Å². The van der Waals surface area contributed by atoms with Crippen LogP contribution in [-0.2, 0) is 4.79 Å². The lowest BCUT2D eigenvalue weighted by molar-refractivity contribution is -0.116. The molecule has 0 radical (unpaired) electrons. The van der Waals surface area contributed by atoms with E-state index in [0.717, 1.165) is 32.8 Å². The fraction of sp³-hybridized carbons (Fsp3) is 0.0714. The van der Waals surface area contributed by atoms with Gasteiger partial charge in [0.1, 0.15) is 11.5 Å². The Morgan fingerprint density at radius 1 is 0.788 bits per heavy atom. The van der Waals surface area contributed by atoms with Crippen LogP contribution in [0.1, 0.15) is 23.5 Å². The number of carbonyl (C=O) groups is 1. The number of fused-ring (bicyclic) bond motifs is 1. The zero-order valence-corrected chi connectivity index (χ0v) is 18.7. The Morgan fingerprint density at radius 3 is 2.03 bits per heavy atom. The molecule has 0 bridgehead atoms. The Bertz CT molecular complexity index is 1310. The molecular formula is C28H22N2O2S. The number of anilines is 1. The molecule has 0 unspecified atom stereocenters. The van der Waals surface area contributed by atoms with Gasteiger partial charge in [-0.2, -0.15) is 0 Å². The molecule has 5 rings (SSSR count). The third-order valence-corrected chi connectivity index (χ3v) is 6.31. The minimum Gasteiger partial charge on any atom is -0.457 e. The van der Waals surface area contributed by atoms with Crippen molar-refractivity contribution in [3.63, 3.8) is 0 Å². The van der Waals surface area contributed by atoms with Crippen molar-refractivity contribution in [3.05, 3.63) is 120 Å². The summed E-state index contributed by atoms with van der Waals surface area (Å²) in [5.41, 5.74) is 3.06. The Labute approximate surface area is 196 Å². The molecule has 1 heterocycles. The lowest BCUT2D eigenvalue weighted by Crippen LogP contribution is -2.16. The molecule has 4 aromatic carbocycles. The lowest BCUT2D eigenvalue weighted by atomic mass is 9.88. The fourth-order valence-corrected chi connectivity index (χ4v) is 4.71. The first kappa shape index (κ1) is 20.9. The molecule has 0 aliphatic rings. The van der Waals surface area contributed by atoms with Gasteiger partial charge in [0.15, 0.2) is 5.13 Å². The number of hydrogen-bond donors (Lipinski definition) is 1. The summed E-state index contributed by atoms with van der Waals surface area (Å²) in [4.78, 5) is 17.6. The number of hydrogen-bond acceptors (Lipinski definition) is 4. The van der Waals surface area contributed by atoms with Crippen LogP contribution in [0.25, 0.3) is 10.2 Å². The van der Waals surface area contributed by atoms with Crippen molar-refractivity contribution in [1.82, 2.24) is 4.98 Å². The Balaban J connectivity index is 1.32. The molecule has 0 saturated carbocycles. The van der Waals surface area contributed by atoms with Crippen LogP contribution in [0.3, 0.4) is 0 Å². The zero-order valence-electron chi connectivity index (χ0n) is 17.8. The van der Waals surface area contributed by atoms with Crippen LogP contribution < -0.4 is 10.1 Å². The summed E-state index contributed by atoms with van der Waals surface area (Å²) in [6.45, 7) is 0. The lowest BCUT2D eigenvalue weighted by Gasteiger charge is -2.17. The second-order valence-corrected chi connectivity index (χ2v) is 8.72. The third kappa shape index (κ3) is 5.10. The first-order valence-corrected chi connectivity index (χ1v) is 11.6. The van der Waals surface area contributed by atoms with Crippen LogP contribution in [0.4, 0.5) is 5.13 Å². The minimum atomic E-state index is -0.0625. The van der Waals surface area contributed by atoms with Crippen molar-refractivity contribution in [2.45, 2.75) is 12.3 Å². The van der Waals surface area contributed by atoms with E-state index in [0.29, 0.717) is 11.6 Å². The number of nitrogens with zero attached hydrogens (tertiary/aromatic N) is 1. The summed E-state index contributed by atoms with van der Waals surface area (Å²) >= 11 is 1.45. The second kappa shape index (κ2) is 9.67. The molecule has 5 aromatic rings. The number of thiazole rings is 1. The van der Waals surface area contributed by atoms with Crippen LogP contribution in [0.5, 0.6) is 11.5 Å². The zero-order chi connectivity index (χ0) is 22.5. The van der Waals surface area contributed by atoms with E-state index in [1.54, 1.807) is 0 Å². The minimum absolute atomic E-state index is 0.0207. The van der Waals surface area contributed by atoms with Gasteiger partial charge in [-0.05, 0) is 35.4 Å². The molecule has 0 fully saturated rings. The van der Waals surface area contributed by atoms with E-state index < -0.39 is 0 Å². The standard InChI is InChI=1S/C28H22N2O2S/c31-27(19-24(20-10-4-1-5-11-20)21-12-6-2-7-13-21)30-28-29-25-17-16-23(18-26(25)33-28)32-22-14-8-3-9-15-22/h1-18,24H,19H2,(H,29,30,31). The average Bonchev–Trinajstić information content (AvgIpc) is 3.25. The molecule has 33 heavy (non-hydrogen) atoms. The summed E-state index contributed by atoms with van der Waals surface area (Å²) in [5, 5.41) is 3.59. The highest BCUT2D eigenvalue weighted by molar-refractivity contribution is 7.22. The SMILES string of the molecule is O=C(CC(c1ccccc1)c1ccccc1)Nc1nc2ccc(Oc3ccccc3)cc2s1. The summed E-state index contributed by atoms with van der Waals surface area (Å²) in [6.07, 6.45) is 0.340. The van der Waals surface area contributed by atoms with Gasteiger partial charge in [-0.3, -0.25) is 4.79 Å². The maximum absolute atomic E-state index is 13.0. The molecule has 4 nitrogen and oxygen atoms in total. The number of carbonyl (C=O) groups excluding carboxylic acids is 1. The first-order valence-electron chi connectivity index (χ1n) is 10.8. The van der Waals surface area contributed by atoms with Crippen LogP contribution in [0.2, 0.25) is 0 Å². The Kier molecular flexibility index (Phi) is 6.13. The highest BCUT2D eigenvalue weighted by Crippen LogP contribution is 2.32. The van der Waals surface area contributed by atoms with Gasteiger partial charge in [0.05, 0.1) is 10.2 Å². The van der Waals surface area contributed by atoms with Gasteiger partial charge in [-0.1, -0.05) is 90.2 Å². The summed E-state index contributed by atoms with van der Waals surface area (Å²) in [7, 11) is 0. The second-order valence-electron chi connectivity index (χ2n) is 7.69. The van der Waals surface area contributed by atoms with Crippen LogP contribution in [0.15, 0.2) is 109 Å². The molecule has 0 aliphatic carbocycles. The van der Waals surface area contributed by atoms with Gasteiger partial charge in [-0.15, -0.1) is 0 Å². The number of amides is 1. The van der Waals surface area contributed by atoms with E-state index in [9.17, 15) is 4.79 Å². The first-order chi connectivity index (χ1) is 16.2. The Hall–Kier alpha value is -3.96. The smallest absolute Gasteiger partial charge is 0.227 e. The average molecular weight is 451 g/mol. The normalized spacial score (nSPS) is 10.9. The molecule has 1 N–H and O–H groups in total. The van der Waals surface area contributed by atoms with E-state index in [1.165, 1.54) is 11.3 Å². The summed E-state index contributed by atoms with van der Waals surface area (Å²) in [6, 6.07) is 35.7. The third-order valence-electron chi connectivity index (χ3n) is 5.38. The van der Waals surface area contributed by atoms with Crippen LogP contribution in [0, 0.1) is 0 Å². The number of rotatable bonds is 7. The predicted octanol–water partition coefficient (Wildman–Crippen LogP) is 7.25. The maximum Gasteiger partial charge on any atom is 0.227 e. The van der Waals surface area contributed by atoms with Gasteiger partial charge < -0.3 is 10.1 Å². The molecule has 1 aromatic heterocycles. The molecular weight excluding hydrogens is 428 g/mol. The predicted molar refractivity (Wildman–Crippen MR) is 134 cm³/mol. The number of benzene rings is 4. The van der Waals surface area contributed by atoms with E-state index in [1.807, 2.05) is 84.9 Å². The topological polar surface area (TPSA) is 51.2 Å². The number of nitrogens with one attached hydrogen (secondary N) is 1. The number of ether oxygens (including phenoxy) is 1. The van der Waals surface area contributed by atoms with Gasteiger partial charge >= 0.3 is 0 Å². The van der Waals surface area contributed by atoms with E-state index in [2.05, 4.69) is 34.6 Å². The number of aromatic nitrogens is 1. The van der Waals surface area contributed by atoms with Crippen molar-refractivity contribution in [3.8, 4) is 11.5 Å². The molecule has 0 atom stereocenters. The highest BCUT2D eigenvalue weighted by Gasteiger charge is 2.19. The van der Waals surface area contributed by atoms with Crippen molar-refractivity contribution >= 4 is 32.6 Å². The van der Waals surface area contributed by atoms with E-state index in [-0.39, 0.29) is 11.8 Å². The molecule has 0 saturated heterocycles. The van der Waals surface area contributed by atoms with Gasteiger partial charge in [0, 0.05) is 18.4 Å². The quantitative estimate of drug-likeness (QED) is 0.284. The largest absolute Gasteiger partial charge is 0.457 e. The molecule has 1 amide bonds.